The Balaban J connectivity index is 1.61. The summed E-state index contributed by atoms with van der Waals surface area (Å²) in [6, 6.07) is 14.8. The second kappa shape index (κ2) is 10.6. The molecule has 0 aromatic heterocycles. The van der Waals surface area contributed by atoms with Crippen LogP contribution in [0.2, 0.25) is 0 Å². The van der Waals surface area contributed by atoms with E-state index in [2.05, 4.69) is 40.8 Å². The van der Waals surface area contributed by atoms with Crippen molar-refractivity contribution in [2.45, 2.75) is 70.0 Å². The standard InChI is InChI=1S/C25H34N2O4S/c1-18(2)31-25(28)20(4)26-32(29,30)24-13-11-23(12-14-24)22-9-7-21(8-10-22)15-17-27-16-5-6-19(27)3/h7-14,18-20,26H,5-6,15-17H2,1-4H3. The lowest BCUT2D eigenvalue weighted by Gasteiger charge is -2.20. The van der Waals surface area contributed by atoms with Gasteiger partial charge in [0.1, 0.15) is 6.04 Å². The molecule has 3 rings (SSSR count). The van der Waals surface area contributed by atoms with Gasteiger partial charge in [0.25, 0.3) is 0 Å². The van der Waals surface area contributed by atoms with Gasteiger partial charge in [-0.05, 0) is 82.3 Å². The fraction of sp³-hybridized carbons (Fsp3) is 0.480. The molecule has 174 valence electrons. The lowest BCUT2D eigenvalue weighted by atomic mass is 10.0. The van der Waals surface area contributed by atoms with Crippen LogP contribution in [-0.4, -0.2) is 50.6 Å². The minimum Gasteiger partial charge on any atom is -0.462 e. The number of hydrogen-bond donors (Lipinski definition) is 1. The first kappa shape index (κ1) is 24.4. The van der Waals surface area contributed by atoms with Gasteiger partial charge in [0.2, 0.25) is 10.0 Å². The number of rotatable bonds is 9. The number of likely N-dealkylation sites (tertiary alicyclic amines) is 1. The third-order valence-electron chi connectivity index (χ3n) is 5.87. The summed E-state index contributed by atoms with van der Waals surface area (Å²) < 4.78 is 32.7. The van der Waals surface area contributed by atoms with Gasteiger partial charge in [0.05, 0.1) is 11.0 Å². The van der Waals surface area contributed by atoms with Crippen LogP contribution in [0.5, 0.6) is 0 Å². The van der Waals surface area contributed by atoms with Crippen LogP contribution in [0.15, 0.2) is 53.4 Å². The van der Waals surface area contributed by atoms with Crippen LogP contribution in [0.25, 0.3) is 11.1 Å². The van der Waals surface area contributed by atoms with Crippen LogP contribution in [0.1, 0.15) is 46.1 Å². The van der Waals surface area contributed by atoms with Gasteiger partial charge in [-0.3, -0.25) is 4.79 Å². The molecule has 0 amide bonds. The van der Waals surface area contributed by atoms with Crippen molar-refractivity contribution >= 4 is 16.0 Å². The average molecular weight is 459 g/mol. The zero-order chi connectivity index (χ0) is 23.3. The number of carbonyl (C=O) groups is 1. The summed E-state index contributed by atoms with van der Waals surface area (Å²) >= 11 is 0. The molecule has 1 N–H and O–H groups in total. The lowest BCUT2D eigenvalue weighted by Crippen LogP contribution is -2.40. The van der Waals surface area contributed by atoms with Crippen molar-refractivity contribution in [3.63, 3.8) is 0 Å². The Labute approximate surface area is 192 Å². The van der Waals surface area contributed by atoms with E-state index in [0.29, 0.717) is 6.04 Å². The molecule has 1 heterocycles. The number of hydrogen-bond acceptors (Lipinski definition) is 5. The smallest absolute Gasteiger partial charge is 0.324 e. The lowest BCUT2D eigenvalue weighted by molar-refractivity contribution is -0.148. The molecule has 0 aliphatic carbocycles. The highest BCUT2D eigenvalue weighted by Gasteiger charge is 2.24. The Hall–Kier alpha value is -2.22. The fourth-order valence-electron chi connectivity index (χ4n) is 3.97. The summed E-state index contributed by atoms with van der Waals surface area (Å²) in [4.78, 5) is 14.6. The van der Waals surface area contributed by atoms with Gasteiger partial charge in [0.15, 0.2) is 0 Å². The highest BCUT2D eigenvalue weighted by atomic mass is 32.2. The van der Waals surface area contributed by atoms with Gasteiger partial charge in [0, 0.05) is 12.6 Å². The van der Waals surface area contributed by atoms with Crippen molar-refractivity contribution in [1.82, 2.24) is 9.62 Å². The number of carbonyl (C=O) groups excluding carboxylic acids is 1. The second-order valence-electron chi connectivity index (χ2n) is 8.83. The molecule has 1 aliphatic rings. The van der Waals surface area contributed by atoms with Crippen molar-refractivity contribution in [2.24, 2.45) is 0 Å². The summed E-state index contributed by atoms with van der Waals surface area (Å²) in [6.07, 6.45) is 3.32. The summed E-state index contributed by atoms with van der Waals surface area (Å²) in [6.45, 7) is 9.50. The largest absolute Gasteiger partial charge is 0.462 e. The van der Waals surface area contributed by atoms with Gasteiger partial charge in [-0.15, -0.1) is 0 Å². The highest BCUT2D eigenvalue weighted by Crippen LogP contribution is 2.23. The number of nitrogens with zero attached hydrogens (tertiary/aromatic N) is 1. The highest BCUT2D eigenvalue weighted by molar-refractivity contribution is 7.89. The van der Waals surface area contributed by atoms with Crippen LogP contribution < -0.4 is 4.72 Å². The van der Waals surface area contributed by atoms with E-state index in [9.17, 15) is 13.2 Å². The maximum atomic E-state index is 12.6. The maximum Gasteiger partial charge on any atom is 0.324 e. The molecule has 0 radical (unpaired) electrons. The predicted octanol–water partition coefficient (Wildman–Crippen LogP) is 4.00. The predicted molar refractivity (Wildman–Crippen MR) is 127 cm³/mol. The number of nitrogens with one attached hydrogen (secondary N) is 1. The summed E-state index contributed by atoms with van der Waals surface area (Å²) in [5, 5.41) is 0. The van der Waals surface area contributed by atoms with E-state index >= 15 is 0 Å². The van der Waals surface area contributed by atoms with Gasteiger partial charge >= 0.3 is 5.97 Å². The fourth-order valence-corrected chi connectivity index (χ4v) is 5.16. The second-order valence-corrected chi connectivity index (χ2v) is 10.5. The molecule has 0 saturated carbocycles. The molecule has 2 aromatic rings. The molecule has 32 heavy (non-hydrogen) atoms. The van der Waals surface area contributed by atoms with Crippen molar-refractivity contribution in [3.05, 3.63) is 54.1 Å². The van der Waals surface area contributed by atoms with Gasteiger partial charge in [-0.2, -0.15) is 4.72 Å². The molecule has 7 heteroatoms. The average Bonchev–Trinajstić information content (AvgIpc) is 3.16. The van der Waals surface area contributed by atoms with Gasteiger partial charge in [-0.25, -0.2) is 8.42 Å². The minimum absolute atomic E-state index is 0.113. The number of sulfonamides is 1. The summed E-state index contributed by atoms with van der Waals surface area (Å²) in [5.74, 6) is -0.598. The van der Waals surface area contributed by atoms with E-state index in [1.807, 2.05) is 0 Å². The van der Waals surface area contributed by atoms with Gasteiger partial charge in [-0.1, -0.05) is 36.4 Å². The van der Waals surface area contributed by atoms with E-state index in [0.717, 1.165) is 24.1 Å². The first-order valence-corrected chi connectivity index (χ1v) is 12.8. The summed E-state index contributed by atoms with van der Waals surface area (Å²) in [5.41, 5.74) is 3.28. The van der Waals surface area contributed by atoms with Crippen molar-refractivity contribution in [3.8, 4) is 11.1 Å². The molecular formula is C25H34N2O4S. The zero-order valence-corrected chi connectivity index (χ0v) is 20.2. The Kier molecular flexibility index (Phi) is 8.09. The normalized spacial score (nSPS) is 18.1. The Morgan fingerprint density at radius 1 is 1.06 bits per heavy atom. The van der Waals surface area contributed by atoms with E-state index in [4.69, 9.17) is 4.74 Å². The number of benzene rings is 2. The van der Waals surface area contributed by atoms with E-state index < -0.39 is 22.0 Å². The maximum absolute atomic E-state index is 12.6. The van der Waals surface area contributed by atoms with Crippen molar-refractivity contribution < 1.29 is 17.9 Å². The Morgan fingerprint density at radius 3 is 2.19 bits per heavy atom. The molecule has 0 bridgehead atoms. The molecule has 2 aromatic carbocycles. The Morgan fingerprint density at radius 2 is 1.66 bits per heavy atom. The quantitative estimate of drug-likeness (QED) is 0.575. The number of ether oxygens (including phenoxy) is 1. The van der Waals surface area contributed by atoms with Crippen LogP contribution in [0, 0.1) is 0 Å². The summed E-state index contributed by atoms with van der Waals surface area (Å²) in [7, 11) is -3.82. The zero-order valence-electron chi connectivity index (χ0n) is 19.4. The minimum atomic E-state index is -3.82. The van der Waals surface area contributed by atoms with Crippen molar-refractivity contribution in [1.29, 1.82) is 0 Å². The molecule has 2 atom stereocenters. The number of esters is 1. The monoisotopic (exact) mass is 458 g/mol. The molecule has 1 fully saturated rings. The van der Waals surface area contributed by atoms with Crippen LogP contribution in [0.4, 0.5) is 0 Å². The molecule has 1 saturated heterocycles. The third-order valence-corrected chi connectivity index (χ3v) is 7.42. The van der Waals surface area contributed by atoms with E-state index in [1.54, 1.807) is 38.1 Å². The van der Waals surface area contributed by atoms with E-state index in [-0.39, 0.29) is 11.0 Å². The molecule has 6 nitrogen and oxygen atoms in total. The SMILES string of the molecule is CC(C)OC(=O)C(C)NS(=O)(=O)c1ccc(-c2ccc(CCN3CCCC3C)cc2)cc1. The van der Waals surface area contributed by atoms with E-state index in [1.165, 1.54) is 31.9 Å². The molecule has 0 spiro atoms. The first-order valence-electron chi connectivity index (χ1n) is 11.3. The third kappa shape index (κ3) is 6.40. The Bertz CT molecular complexity index is 1000. The van der Waals surface area contributed by atoms with Gasteiger partial charge < -0.3 is 9.64 Å². The van der Waals surface area contributed by atoms with Crippen LogP contribution in [-0.2, 0) is 26.0 Å². The van der Waals surface area contributed by atoms with Crippen LogP contribution >= 0.6 is 0 Å². The molecular weight excluding hydrogens is 424 g/mol. The van der Waals surface area contributed by atoms with Crippen LogP contribution in [0.3, 0.4) is 0 Å². The topological polar surface area (TPSA) is 75.7 Å². The molecule has 2 unspecified atom stereocenters. The first-order chi connectivity index (χ1) is 15.2. The molecule has 1 aliphatic heterocycles. The van der Waals surface area contributed by atoms with Crippen molar-refractivity contribution in [2.75, 3.05) is 13.1 Å².